The maximum absolute atomic E-state index is 12.9. The van der Waals surface area contributed by atoms with Crippen molar-refractivity contribution in [1.82, 2.24) is 9.88 Å². The summed E-state index contributed by atoms with van der Waals surface area (Å²) in [5, 5.41) is 1.23. The normalized spacial score (nSPS) is 17.8. The zero-order valence-electron chi connectivity index (χ0n) is 14.1. The molecule has 1 fully saturated rings. The van der Waals surface area contributed by atoms with Crippen LogP contribution < -0.4 is 0 Å². The highest BCUT2D eigenvalue weighted by Gasteiger charge is 2.33. The number of carbonyl (C=O) groups is 1. The Morgan fingerprint density at radius 3 is 2.92 bits per heavy atom. The van der Waals surface area contributed by atoms with Gasteiger partial charge in [-0.25, -0.2) is 0 Å². The molecule has 2 aliphatic rings. The largest absolute Gasteiger partial charge is 0.382 e. The summed E-state index contributed by atoms with van der Waals surface area (Å²) < 4.78 is 10.6. The van der Waals surface area contributed by atoms with Gasteiger partial charge in [-0.3, -0.25) is 4.79 Å². The zero-order chi connectivity index (χ0) is 16.5. The van der Waals surface area contributed by atoms with Gasteiger partial charge in [-0.1, -0.05) is 12.1 Å². The maximum Gasteiger partial charge on any atom is 0.256 e. The number of carbonyl (C=O) groups excluding carboxylic acids is 1. The Balaban J connectivity index is 1.50. The number of para-hydroxylation sites is 1. The molecule has 1 saturated heterocycles. The predicted molar refractivity (Wildman–Crippen MR) is 92.5 cm³/mol. The summed E-state index contributed by atoms with van der Waals surface area (Å²) in [4.78, 5) is 18.2. The number of likely N-dealkylation sites (tertiary alicyclic amines) is 1. The molecule has 0 radical (unpaired) electrons. The first-order valence-corrected chi connectivity index (χ1v) is 8.80. The van der Waals surface area contributed by atoms with Gasteiger partial charge in [-0.05, 0) is 37.3 Å². The van der Waals surface area contributed by atoms with Crippen LogP contribution in [0.2, 0.25) is 0 Å². The number of hydrogen-bond acceptors (Lipinski definition) is 3. The van der Waals surface area contributed by atoms with Crippen LogP contribution in [0.3, 0.4) is 0 Å². The topological polar surface area (TPSA) is 54.6 Å². The van der Waals surface area contributed by atoms with Crippen molar-refractivity contribution in [3.8, 4) is 0 Å². The first-order valence-electron chi connectivity index (χ1n) is 8.80. The molecular weight excluding hydrogens is 304 g/mol. The molecule has 24 heavy (non-hydrogen) atoms. The lowest BCUT2D eigenvalue weighted by atomic mass is 9.95. The zero-order valence-corrected chi connectivity index (χ0v) is 14.1. The number of rotatable bonds is 5. The minimum absolute atomic E-state index is 0.103. The van der Waals surface area contributed by atoms with Crippen LogP contribution in [0.15, 0.2) is 18.2 Å². The molecule has 1 aliphatic heterocycles. The molecule has 128 valence electrons. The summed E-state index contributed by atoms with van der Waals surface area (Å²) in [6, 6.07) is 6.08. The second-order valence-electron chi connectivity index (χ2n) is 6.71. The number of aromatic nitrogens is 1. The van der Waals surface area contributed by atoms with Gasteiger partial charge >= 0.3 is 0 Å². The van der Waals surface area contributed by atoms with Crippen LogP contribution in [0.25, 0.3) is 10.9 Å². The second-order valence-corrected chi connectivity index (χ2v) is 6.71. The molecule has 2 heterocycles. The molecule has 0 saturated carbocycles. The van der Waals surface area contributed by atoms with Crippen LogP contribution in [0.4, 0.5) is 0 Å². The third-order valence-corrected chi connectivity index (χ3v) is 5.14. The number of ether oxygens (including phenoxy) is 2. The number of nitrogens with zero attached hydrogens (tertiary/aromatic N) is 1. The van der Waals surface area contributed by atoms with Gasteiger partial charge in [-0.15, -0.1) is 0 Å². The van der Waals surface area contributed by atoms with Crippen LogP contribution in [0, 0.1) is 0 Å². The van der Waals surface area contributed by atoms with E-state index in [4.69, 9.17) is 9.47 Å². The average Bonchev–Trinajstić information content (AvgIpc) is 2.95. The highest BCUT2D eigenvalue weighted by atomic mass is 16.5. The first kappa shape index (κ1) is 15.7. The van der Waals surface area contributed by atoms with E-state index in [0.29, 0.717) is 26.3 Å². The highest BCUT2D eigenvalue weighted by Crippen LogP contribution is 2.31. The summed E-state index contributed by atoms with van der Waals surface area (Å²) in [6.07, 6.45) is 4.82. The Kier molecular flexibility index (Phi) is 4.29. The number of hydrogen-bond donors (Lipinski definition) is 1. The number of fused-ring (bicyclic) bond motifs is 3. The van der Waals surface area contributed by atoms with Crippen LogP contribution in [0.1, 0.15) is 34.5 Å². The summed E-state index contributed by atoms with van der Waals surface area (Å²) in [5.41, 5.74) is 4.53. The molecule has 1 aliphatic carbocycles. The van der Waals surface area contributed by atoms with E-state index in [2.05, 4.69) is 11.1 Å². The lowest BCUT2D eigenvalue weighted by molar-refractivity contribution is -0.0554. The summed E-state index contributed by atoms with van der Waals surface area (Å²) >= 11 is 0. The van der Waals surface area contributed by atoms with Crippen molar-refractivity contribution in [2.24, 2.45) is 0 Å². The van der Waals surface area contributed by atoms with Gasteiger partial charge in [0, 0.05) is 31.3 Å². The number of nitrogens with one attached hydrogen (secondary N) is 1. The fourth-order valence-electron chi connectivity index (χ4n) is 3.79. The van der Waals surface area contributed by atoms with E-state index in [-0.39, 0.29) is 12.0 Å². The molecule has 0 spiro atoms. The van der Waals surface area contributed by atoms with Crippen LogP contribution in [-0.2, 0) is 22.3 Å². The number of aryl methyl sites for hydroxylation is 2. The number of amides is 1. The Morgan fingerprint density at radius 2 is 2.08 bits per heavy atom. The van der Waals surface area contributed by atoms with Crippen LogP contribution in [-0.4, -0.2) is 55.3 Å². The van der Waals surface area contributed by atoms with Gasteiger partial charge in [0.25, 0.3) is 5.91 Å². The molecule has 0 atom stereocenters. The minimum Gasteiger partial charge on any atom is -0.382 e. The fourth-order valence-corrected chi connectivity index (χ4v) is 3.79. The Bertz CT molecular complexity index is 746. The van der Waals surface area contributed by atoms with Crippen LogP contribution >= 0.6 is 0 Å². The van der Waals surface area contributed by atoms with E-state index < -0.39 is 0 Å². The molecule has 5 nitrogen and oxygen atoms in total. The van der Waals surface area contributed by atoms with Gasteiger partial charge in [0.2, 0.25) is 0 Å². The smallest absolute Gasteiger partial charge is 0.256 e. The number of methoxy groups -OCH3 is 1. The molecule has 1 aromatic heterocycles. The molecule has 1 N–H and O–H groups in total. The standard InChI is InChI=1S/C19H24N2O3/c1-23-9-10-24-13-11-21(12-13)19(22)16-7-4-6-15-14-5-2-3-8-17(14)20-18(15)16/h4,6-7,13,20H,2-3,5,8-12H2,1H3. The molecule has 5 heteroatoms. The van der Waals surface area contributed by atoms with Gasteiger partial charge in [-0.2, -0.15) is 0 Å². The first-order chi connectivity index (χ1) is 11.8. The summed E-state index contributed by atoms with van der Waals surface area (Å²) in [6.45, 7) is 2.51. The van der Waals surface area contributed by atoms with E-state index in [1.807, 2.05) is 17.0 Å². The Hall–Kier alpha value is -1.85. The number of H-pyrrole nitrogens is 1. The molecule has 0 bridgehead atoms. The molecule has 4 rings (SSSR count). The second kappa shape index (κ2) is 6.57. The van der Waals surface area contributed by atoms with Gasteiger partial charge in [0.05, 0.1) is 30.4 Å². The van der Waals surface area contributed by atoms with Gasteiger partial charge in [0.1, 0.15) is 0 Å². The Labute approximate surface area is 141 Å². The van der Waals surface area contributed by atoms with Crippen molar-refractivity contribution < 1.29 is 14.3 Å². The molecule has 2 aromatic rings. The van der Waals surface area contributed by atoms with Crippen molar-refractivity contribution in [1.29, 1.82) is 0 Å². The van der Waals surface area contributed by atoms with Crippen molar-refractivity contribution in [2.75, 3.05) is 33.4 Å². The third kappa shape index (κ3) is 2.72. The quantitative estimate of drug-likeness (QED) is 0.858. The predicted octanol–water partition coefficient (Wildman–Crippen LogP) is 2.53. The highest BCUT2D eigenvalue weighted by molar-refractivity contribution is 6.07. The maximum atomic E-state index is 12.9. The fraction of sp³-hybridized carbons (Fsp3) is 0.526. The van der Waals surface area contributed by atoms with Crippen molar-refractivity contribution in [3.63, 3.8) is 0 Å². The monoisotopic (exact) mass is 328 g/mol. The SMILES string of the molecule is COCCOC1CN(C(=O)c2cccc3c4c([nH]c23)CCCC4)C1. The van der Waals surface area contributed by atoms with E-state index in [9.17, 15) is 4.79 Å². The number of benzene rings is 1. The van der Waals surface area contributed by atoms with E-state index >= 15 is 0 Å². The third-order valence-electron chi connectivity index (χ3n) is 5.14. The summed E-state index contributed by atoms with van der Waals surface area (Å²) in [7, 11) is 1.66. The average molecular weight is 328 g/mol. The van der Waals surface area contributed by atoms with Gasteiger partial charge in [0.15, 0.2) is 0 Å². The van der Waals surface area contributed by atoms with E-state index in [1.165, 1.54) is 29.5 Å². The summed E-state index contributed by atoms with van der Waals surface area (Å²) in [5.74, 6) is 0.103. The van der Waals surface area contributed by atoms with Crippen molar-refractivity contribution >= 4 is 16.8 Å². The van der Waals surface area contributed by atoms with Crippen molar-refractivity contribution in [3.05, 3.63) is 35.0 Å². The Morgan fingerprint density at radius 1 is 1.25 bits per heavy atom. The number of aromatic amines is 1. The van der Waals surface area contributed by atoms with E-state index in [1.54, 1.807) is 7.11 Å². The van der Waals surface area contributed by atoms with Crippen LogP contribution in [0.5, 0.6) is 0 Å². The lowest BCUT2D eigenvalue weighted by Gasteiger charge is -2.39. The van der Waals surface area contributed by atoms with Crippen molar-refractivity contribution in [2.45, 2.75) is 31.8 Å². The lowest BCUT2D eigenvalue weighted by Crippen LogP contribution is -2.55. The van der Waals surface area contributed by atoms with E-state index in [0.717, 1.165) is 23.9 Å². The van der Waals surface area contributed by atoms with Gasteiger partial charge < -0.3 is 19.4 Å². The molecule has 1 aromatic carbocycles. The molecule has 0 unspecified atom stereocenters. The minimum atomic E-state index is 0.103. The molecular formula is C19H24N2O3. The molecule has 1 amide bonds.